The van der Waals surface area contributed by atoms with Crippen molar-refractivity contribution in [1.29, 1.82) is 0 Å². The van der Waals surface area contributed by atoms with Crippen LogP contribution >= 0.6 is 0 Å². The van der Waals surface area contributed by atoms with Gasteiger partial charge in [-0.1, -0.05) is 6.07 Å². The van der Waals surface area contributed by atoms with E-state index >= 15 is 0 Å². The van der Waals surface area contributed by atoms with Crippen LogP contribution in [0.5, 0.6) is 5.75 Å². The number of likely N-dealkylation sites (N-methyl/N-ethyl adjacent to an activating group) is 1. The summed E-state index contributed by atoms with van der Waals surface area (Å²) in [5.41, 5.74) is 1.53. The summed E-state index contributed by atoms with van der Waals surface area (Å²) < 4.78 is 5.71. The fourth-order valence-corrected chi connectivity index (χ4v) is 2.13. The van der Waals surface area contributed by atoms with Crippen molar-refractivity contribution in [2.75, 3.05) is 13.7 Å². The molecule has 0 aliphatic heterocycles. The zero-order valence-electron chi connectivity index (χ0n) is 12.8. The maximum Gasteiger partial charge on any atom is 0.323 e. The molecule has 1 rings (SSSR count). The molecule has 0 aliphatic rings. The van der Waals surface area contributed by atoms with E-state index in [1.165, 1.54) is 11.1 Å². The minimum absolute atomic E-state index is 0.592. The molecule has 1 unspecified atom stereocenters. The molecule has 4 nitrogen and oxygen atoms in total. The van der Waals surface area contributed by atoms with Crippen molar-refractivity contribution in [3.05, 3.63) is 29.3 Å². The first kappa shape index (κ1) is 16.5. The van der Waals surface area contributed by atoms with Gasteiger partial charge in [0.2, 0.25) is 0 Å². The van der Waals surface area contributed by atoms with Crippen LogP contribution in [0.1, 0.15) is 37.3 Å². The minimum Gasteiger partial charge on any atom is -0.494 e. The number of benzene rings is 1. The lowest BCUT2D eigenvalue weighted by atomic mass is 9.95. The van der Waals surface area contributed by atoms with E-state index in [9.17, 15) is 4.79 Å². The van der Waals surface area contributed by atoms with Gasteiger partial charge in [-0.15, -0.1) is 0 Å². The van der Waals surface area contributed by atoms with Gasteiger partial charge in [0.25, 0.3) is 0 Å². The summed E-state index contributed by atoms with van der Waals surface area (Å²) >= 11 is 0. The Bertz CT molecular complexity index is 439. The number of hydrogen-bond acceptors (Lipinski definition) is 3. The largest absolute Gasteiger partial charge is 0.494 e. The van der Waals surface area contributed by atoms with Crippen molar-refractivity contribution >= 4 is 5.97 Å². The zero-order valence-corrected chi connectivity index (χ0v) is 12.8. The van der Waals surface area contributed by atoms with Crippen molar-refractivity contribution in [2.24, 2.45) is 0 Å². The molecule has 0 amide bonds. The van der Waals surface area contributed by atoms with Gasteiger partial charge in [0.15, 0.2) is 0 Å². The van der Waals surface area contributed by atoms with Crippen LogP contribution in [-0.2, 0) is 4.79 Å². The van der Waals surface area contributed by atoms with E-state index in [4.69, 9.17) is 9.84 Å². The highest BCUT2D eigenvalue weighted by Gasteiger charge is 2.29. The van der Waals surface area contributed by atoms with Crippen LogP contribution in [0.25, 0.3) is 0 Å². The van der Waals surface area contributed by atoms with Crippen LogP contribution in [0.15, 0.2) is 18.2 Å². The molecule has 0 heterocycles. The molecule has 0 fully saturated rings. The first-order valence-corrected chi connectivity index (χ1v) is 7.01. The maximum atomic E-state index is 11.1. The van der Waals surface area contributed by atoms with Crippen molar-refractivity contribution in [2.45, 2.75) is 45.6 Å². The summed E-state index contributed by atoms with van der Waals surface area (Å²) in [6.45, 7) is 6.42. The lowest BCUT2D eigenvalue weighted by molar-refractivity contribution is -0.144. The lowest BCUT2D eigenvalue weighted by Gasteiger charge is -2.23. The molecule has 0 saturated carbocycles. The highest BCUT2D eigenvalue weighted by atomic mass is 16.5. The predicted molar refractivity (Wildman–Crippen MR) is 80.4 cm³/mol. The molecule has 4 heteroatoms. The standard InChI is InChI=1S/C16H25NO3/c1-12-9-13(2)11-14(10-12)20-8-6-5-7-16(3,17-4)15(18)19/h9-11,17H,5-8H2,1-4H3,(H,18,19). The van der Waals surface area contributed by atoms with Crippen molar-refractivity contribution < 1.29 is 14.6 Å². The molecule has 1 aromatic rings. The average molecular weight is 279 g/mol. The van der Waals surface area contributed by atoms with Gasteiger partial charge < -0.3 is 15.2 Å². The van der Waals surface area contributed by atoms with Gasteiger partial charge in [-0.3, -0.25) is 4.79 Å². The molecule has 0 spiro atoms. The molecule has 1 aromatic carbocycles. The van der Waals surface area contributed by atoms with E-state index in [1.807, 2.05) is 26.0 Å². The van der Waals surface area contributed by atoms with Crippen LogP contribution in [-0.4, -0.2) is 30.3 Å². The monoisotopic (exact) mass is 279 g/mol. The minimum atomic E-state index is -0.847. The van der Waals surface area contributed by atoms with Crippen LogP contribution < -0.4 is 10.1 Å². The number of carbonyl (C=O) groups is 1. The summed E-state index contributed by atoms with van der Waals surface area (Å²) in [5.74, 6) is 0.0762. The number of aryl methyl sites for hydroxylation is 2. The quantitative estimate of drug-likeness (QED) is 0.718. The third-order valence-corrected chi connectivity index (χ3v) is 3.56. The van der Waals surface area contributed by atoms with Crippen molar-refractivity contribution in [3.63, 3.8) is 0 Å². The number of carboxylic acids is 1. The Kier molecular flexibility index (Phi) is 6.02. The van der Waals surface area contributed by atoms with E-state index < -0.39 is 11.5 Å². The summed E-state index contributed by atoms with van der Waals surface area (Å²) in [4.78, 5) is 11.1. The van der Waals surface area contributed by atoms with Gasteiger partial charge in [0.1, 0.15) is 11.3 Å². The van der Waals surface area contributed by atoms with Crippen molar-refractivity contribution in [1.82, 2.24) is 5.32 Å². The van der Waals surface area contributed by atoms with E-state index in [0.717, 1.165) is 18.6 Å². The molecule has 112 valence electrons. The fraction of sp³-hybridized carbons (Fsp3) is 0.562. The molecule has 0 aliphatic carbocycles. The van der Waals surface area contributed by atoms with E-state index in [1.54, 1.807) is 14.0 Å². The first-order valence-electron chi connectivity index (χ1n) is 7.01. The van der Waals surface area contributed by atoms with Gasteiger partial charge in [0, 0.05) is 0 Å². The smallest absolute Gasteiger partial charge is 0.323 e. The Hall–Kier alpha value is -1.55. The van der Waals surface area contributed by atoms with Crippen molar-refractivity contribution in [3.8, 4) is 5.75 Å². The molecule has 1 atom stereocenters. The van der Waals surface area contributed by atoms with E-state index in [2.05, 4.69) is 11.4 Å². The number of rotatable bonds is 8. The Labute approximate surface area is 121 Å². The molecular weight excluding hydrogens is 254 g/mol. The second kappa shape index (κ2) is 7.29. The normalized spacial score (nSPS) is 13.8. The first-order chi connectivity index (χ1) is 9.37. The molecule has 0 radical (unpaired) electrons. The highest BCUT2D eigenvalue weighted by molar-refractivity contribution is 5.78. The topological polar surface area (TPSA) is 58.6 Å². The third-order valence-electron chi connectivity index (χ3n) is 3.56. The van der Waals surface area contributed by atoms with E-state index in [-0.39, 0.29) is 0 Å². The van der Waals surface area contributed by atoms with Crippen LogP contribution in [0, 0.1) is 13.8 Å². The Balaban J connectivity index is 2.33. The van der Waals surface area contributed by atoms with E-state index in [0.29, 0.717) is 13.0 Å². The molecule has 0 aromatic heterocycles. The molecular formula is C16H25NO3. The van der Waals surface area contributed by atoms with Crippen LogP contribution in [0.4, 0.5) is 0 Å². The molecule has 0 saturated heterocycles. The number of aliphatic carboxylic acids is 1. The fourth-order valence-electron chi connectivity index (χ4n) is 2.13. The number of ether oxygens (including phenoxy) is 1. The maximum absolute atomic E-state index is 11.1. The van der Waals surface area contributed by atoms with Gasteiger partial charge in [0.05, 0.1) is 6.61 Å². The number of carboxylic acid groups (broad SMARTS) is 1. The number of nitrogens with one attached hydrogen (secondary N) is 1. The van der Waals surface area contributed by atoms with Gasteiger partial charge >= 0.3 is 5.97 Å². The summed E-state index contributed by atoms with van der Waals surface area (Å²) in [6, 6.07) is 6.14. The third kappa shape index (κ3) is 4.85. The Morgan fingerprint density at radius 2 is 1.85 bits per heavy atom. The molecule has 2 N–H and O–H groups in total. The van der Waals surface area contributed by atoms with Crippen LogP contribution in [0.2, 0.25) is 0 Å². The Morgan fingerprint density at radius 3 is 2.35 bits per heavy atom. The van der Waals surface area contributed by atoms with Crippen LogP contribution in [0.3, 0.4) is 0 Å². The van der Waals surface area contributed by atoms with Gasteiger partial charge in [-0.2, -0.15) is 0 Å². The number of hydrogen-bond donors (Lipinski definition) is 2. The number of unbranched alkanes of at least 4 members (excludes halogenated alkanes) is 1. The van der Waals surface area contributed by atoms with Gasteiger partial charge in [-0.25, -0.2) is 0 Å². The van der Waals surface area contributed by atoms with Gasteiger partial charge in [-0.05, 0) is 70.3 Å². The SMILES string of the molecule is CNC(C)(CCCCOc1cc(C)cc(C)c1)C(=O)O. The lowest BCUT2D eigenvalue weighted by Crippen LogP contribution is -2.47. The summed E-state index contributed by atoms with van der Waals surface area (Å²) in [7, 11) is 1.68. The summed E-state index contributed by atoms with van der Waals surface area (Å²) in [6.07, 6.45) is 2.25. The summed E-state index contributed by atoms with van der Waals surface area (Å²) in [5, 5.41) is 12.0. The highest BCUT2D eigenvalue weighted by Crippen LogP contribution is 2.18. The molecule has 20 heavy (non-hydrogen) atoms. The Morgan fingerprint density at radius 1 is 1.25 bits per heavy atom. The second-order valence-electron chi connectivity index (χ2n) is 5.52. The predicted octanol–water partition coefficient (Wildman–Crippen LogP) is 2.92. The average Bonchev–Trinajstić information content (AvgIpc) is 2.36. The zero-order chi connectivity index (χ0) is 15.2. The second-order valence-corrected chi connectivity index (χ2v) is 5.52. The molecule has 0 bridgehead atoms.